The van der Waals surface area contributed by atoms with Crippen LogP contribution in [0, 0.1) is 0 Å². The minimum atomic E-state index is 0.695. The molecule has 1 unspecified atom stereocenters. The zero-order chi connectivity index (χ0) is 12.2. The van der Waals surface area contributed by atoms with Gasteiger partial charge >= 0.3 is 0 Å². The molecule has 0 radical (unpaired) electrons. The topological polar surface area (TPSA) is 15.3 Å². The van der Waals surface area contributed by atoms with Gasteiger partial charge in [-0.25, -0.2) is 0 Å². The van der Waals surface area contributed by atoms with Gasteiger partial charge in [0, 0.05) is 12.6 Å². The summed E-state index contributed by atoms with van der Waals surface area (Å²) in [7, 11) is 4.33. The third kappa shape index (κ3) is 9.17. The van der Waals surface area contributed by atoms with E-state index >= 15 is 0 Å². The number of nitrogens with zero attached hydrogens (tertiary/aromatic N) is 1. The smallest absolute Gasteiger partial charge is 0.0211 e. The molecule has 0 bridgehead atoms. The Balaban J connectivity index is 3.19. The van der Waals surface area contributed by atoms with Crippen molar-refractivity contribution in [1.29, 1.82) is 0 Å². The molecule has 0 saturated heterocycles. The average Bonchev–Trinajstić information content (AvgIpc) is 2.26. The van der Waals surface area contributed by atoms with Gasteiger partial charge in [0.15, 0.2) is 0 Å². The van der Waals surface area contributed by atoms with Crippen molar-refractivity contribution in [2.75, 3.05) is 27.2 Å². The van der Waals surface area contributed by atoms with Gasteiger partial charge in [0.25, 0.3) is 0 Å². The van der Waals surface area contributed by atoms with Gasteiger partial charge in [-0.15, -0.1) is 0 Å². The number of rotatable bonds is 11. The van der Waals surface area contributed by atoms with Crippen LogP contribution in [0.4, 0.5) is 0 Å². The Kier molecular flexibility index (Phi) is 11.3. The summed E-state index contributed by atoms with van der Waals surface area (Å²) in [4.78, 5) is 2.31. The molecule has 0 saturated carbocycles. The Labute approximate surface area is 103 Å². The van der Waals surface area contributed by atoms with E-state index in [1.165, 1.54) is 51.5 Å². The number of hydrogen-bond acceptors (Lipinski definition) is 2. The highest BCUT2D eigenvalue weighted by Gasteiger charge is 2.06. The summed E-state index contributed by atoms with van der Waals surface area (Å²) < 4.78 is 0. The van der Waals surface area contributed by atoms with E-state index in [2.05, 4.69) is 38.2 Å². The fraction of sp³-hybridized carbons (Fsp3) is 1.00. The van der Waals surface area contributed by atoms with E-state index in [1.54, 1.807) is 0 Å². The van der Waals surface area contributed by atoms with Crippen molar-refractivity contribution in [3.05, 3.63) is 0 Å². The summed E-state index contributed by atoms with van der Waals surface area (Å²) in [6, 6.07) is 0.695. The maximum absolute atomic E-state index is 3.57. The van der Waals surface area contributed by atoms with Gasteiger partial charge in [0.1, 0.15) is 0 Å². The van der Waals surface area contributed by atoms with Crippen molar-refractivity contribution in [3.63, 3.8) is 0 Å². The van der Waals surface area contributed by atoms with E-state index in [0.717, 1.165) is 6.54 Å². The number of nitrogens with one attached hydrogen (secondary N) is 1. The van der Waals surface area contributed by atoms with Crippen molar-refractivity contribution in [3.8, 4) is 0 Å². The van der Waals surface area contributed by atoms with Gasteiger partial charge in [0.05, 0.1) is 0 Å². The maximum atomic E-state index is 3.57. The SMILES string of the molecule is CCCCCCCCNCC(CC)N(C)C. The molecule has 0 spiro atoms. The quantitative estimate of drug-likeness (QED) is 0.546. The van der Waals surface area contributed by atoms with E-state index in [0.29, 0.717) is 6.04 Å². The molecule has 0 rings (SSSR count). The number of hydrogen-bond donors (Lipinski definition) is 1. The number of unbranched alkanes of at least 4 members (excludes halogenated alkanes) is 5. The molecule has 0 heterocycles. The predicted octanol–water partition coefficient (Wildman–Crippen LogP) is 3.28. The molecular weight excluding hydrogens is 196 g/mol. The van der Waals surface area contributed by atoms with E-state index in [9.17, 15) is 0 Å². The molecule has 1 N–H and O–H groups in total. The largest absolute Gasteiger partial charge is 0.315 e. The molecule has 0 aromatic carbocycles. The molecule has 0 aliphatic heterocycles. The predicted molar refractivity (Wildman–Crippen MR) is 74.0 cm³/mol. The van der Waals surface area contributed by atoms with Crippen LogP contribution >= 0.6 is 0 Å². The molecule has 0 aliphatic carbocycles. The van der Waals surface area contributed by atoms with E-state index in [-0.39, 0.29) is 0 Å². The summed E-state index contributed by atoms with van der Waals surface area (Å²) in [6.07, 6.45) is 9.56. The van der Waals surface area contributed by atoms with E-state index in [4.69, 9.17) is 0 Å². The third-order valence-corrected chi connectivity index (χ3v) is 3.29. The first-order chi connectivity index (χ1) is 7.72. The second kappa shape index (κ2) is 11.4. The van der Waals surface area contributed by atoms with Crippen LogP contribution in [0.25, 0.3) is 0 Å². The lowest BCUT2D eigenvalue weighted by molar-refractivity contribution is 0.276. The van der Waals surface area contributed by atoms with Crippen molar-refractivity contribution in [2.45, 2.75) is 64.8 Å². The summed E-state index contributed by atoms with van der Waals surface area (Å²) >= 11 is 0. The van der Waals surface area contributed by atoms with Gasteiger partial charge < -0.3 is 10.2 Å². The Morgan fingerprint density at radius 3 is 2.12 bits per heavy atom. The molecule has 98 valence electrons. The van der Waals surface area contributed by atoms with Gasteiger partial charge in [-0.3, -0.25) is 0 Å². The third-order valence-electron chi connectivity index (χ3n) is 3.29. The highest BCUT2D eigenvalue weighted by molar-refractivity contribution is 4.66. The van der Waals surface area contributed by atoms with Crippen LogP contribution in [0.15, 0.2) is 0 Å². The van der Waals surface area contributed by atoms with Gasteiger partial charge in [-0.2, -0.15) is 0 Å². The average molecular weight is 228 g/mol. The lowest BCUT2D eigenvalue weighted by Crippen LogP contribution is -2.37. The Hall–Kier alpha value is -0.0800. The molecule has 1 atom stereocenters. The molecule has 0 amide bonds. The van der Waals surface area contributed by atoms with Gasteiger partial charge in [-0.1, -0.05) is 46.0 Å². The van der Waals surface area contributed by atoms with Crippen molar-refractivity contribution >= 4 is 0 Å². The zero-order valence-corrected chi connectivity index (χ0v) is 11.9. The minimum absolute atomic E-state index is 0.695. The zero-order valence-electron chi connectivity index (χ0n) is 11.9. The molecule has 0 aromatic heterocycles. The highest BCUT2D eigenvalue weighted by Crippen LogP contribution is 2.04. The van der Waals surface area contributed by atoms with Crippen LogP contribution in [0.3, 0.4) is 0 Å². The first-order valence-electron chi connectivity index (χ1n) is 7.09. The molecule has 0 aliphatic rings. The molecule has 2 nitrogen and oxygen atoms in total. The fourth-order valence-corrected chi connectivity index (χ4v) is 1.99. The standard InChI is InChI=1S/C14H32N2/c1-5-7-8-9-10-11-12-15-13-14(6-2)16(3)4/h14-15H,5-13H2,1-4H3. The van der Waals surface area contributed by atoms with Crippen LogP contribution in [0.2, 0.25) is 0 Å². The Morgan fingerprint density at radius 1 is 0.938 bits per heavy atom. The Morgan fingerprint density at radius 2 is 1.56 bits per heavy atom. The molecular formula is C14H32N2. The minimum Gasteiger partial charge on any atom is -0.315 e. The van der Waals surface area contributed by atoms with Crippen molar-refractivity contribution in [1.82, 2.24) is 10.2 Å². The lowest BCUT2D eigenvalue weighted by atomic mass is 10.1. The van der Waals surface area contributed by atoms with Crippen LogP contribution in [0.5, 0.6) is 0 Å². The Bertz CT molecular complexity index is 135. The van der Waals surface area contributed by atoms with Crippen LogP contribution in [-0.4, -0.2) is 38.1 Å². The highest BCUT2D eigenvalue weighted by atomic mass is 15.1. The van der Waals surface area contributed by atoms with Crippen LogP contribution in [0.1, 0.15) is 58.8 Å². The molecule has 0 fully saturated rings. The van der Waals surface area contributed by atoms with E-state index < -0.39 is 0 Å². The summed E-state index contributed by atoms with van der Waals surface area (Å²) in [5.74, 6) is 0. The molecule has 2 heteroatoms. The monoisotopic (exact) mass is 228 g/mol. The lowest BCUT2D eigenvalue weighted by Gasteiger charge is -2.23. The van der Waals surface area contributed by atoms with Gasteiger partial charge in [-0.05, 0) is 33.5 Å². The fourth-order valence-electron chi connectivity index (χ4n) is 1.99. The molecule has 16 heavy (non-hydrogen) atoms. The maximum Gasteiger partial charge on any atom is 0.0211 e. The summed E-state index contributed by atoms with van der Waals surface area (Å²) in [6.45, 7) is 6.86. The second-order valence-corrected chi connectivity index (χ2v) is 5.00. The number of likely N-dealkylation sites (N-methyl/N-ethyl adjacent to an activating group) is 1. The van der Waals surface area contributed by atoms with E-state index in [1.807, 2.05) is 0 Å². The van der Waals surface area contributed by atoms with Crippen LogP contribution < -0.4 is 5.32 Å². The second-order valence-electron chi connectivity index (χ2n) is 5.00. The normalized spacial score (nSPS) is 13.3. The summed E-state index contributed by atoms with van der Waals surface area (Å²) in [5, 5.41) is 3.57. The first-order valence-corrected chi connectivity index (χ1v) is 7.09. The summed E-state index contributed by atoms with van der Waals surface area (Å²) in [5.41, 5.74) is 0. The van der Waals surface area contributed by atoms with Gasteiger partial charge in [0.2, 0.25) is 0 Å². The molecule has 0 aromatic rings. The van der Waals surface area contributed by atoms with Crippen molar-refractivity contribution in [2.24, 2.45) is 0 Å². The van der Waals surface area contributed by atoms with Crippen molar-refractivity contribution < 1.29 is 0 Å². The van der Waals surface area contributed by atoms with Crippen LogP contribution in [-0.2, 0) is 0 Å². The first kappa shape index (κ1) is 15.9.